The smallest absolute Gasteiger partial charge is 0.220 e. The molecule has 2 aliphatic carbocycles. The number of imidazole rings is 1. The minimum atomic E-state index is 0.186. The Morgan fingerprint density at radius 3 is 2.95 bits per heavy atom. The van der Waals surface area contributed by atoms with Gasteiger partial charge in [0.25, 0.3) is 0 Å². The molecule has 5 heteroatoms. The third-order valence-electron chi connectivity index (χ3n) is 5.40. The van der Waals surface area contributed by atoms with Crippen LogP contribution in [-0.4, -0.2) is 34.2 Å². The van der Waals surface area contributed by atoms with Gasteiger partial charge in [0.1, 0.15) is 0 Å². The van der Waals surface area contributed by atoms with Crippen LogP contribution in [0.25, 0.3) is 0 Å². The predicted molar refractivity (Wildman–Crippen MR) is 84.3 cm³/mol. The molecule has 2 atom stereocenters. The molecule has 2 saturated carbocycles. The lowest BCUT2D eigenvalue weighted by Crippen LogP contribution is -2.63. The fraction of sp³-hybridized carbons (Fsp3) is 0.765. The number of amides is 1. The monoisotopic (exact) mass is 305 g/mol. The summed E-state index contributed by atoms with van der Waals surface area (Å²) in [6.07, 6.45) is 13.3. The largest absolute Gasteiger partial charge is 0.378 e. The Kier molecular flexibility index (Phi) is 4.81. The molecule has 3 rings (SSSR count). The number of ether oxygens (including phenoxy) is 1. The van der Waals surface area contributed by atoms with Gasteiger partial charge in [0.2, 0.25) is 5.91 Å². The van der Waals surface area contributed by atoms with E-state index in [-0.39, 0.29) is 11.3 Å². The summed E-state index contributed by atoms with van der Waals surface area (Å²) in [4.78, 5) is 16.2. The number of nitrogens with one attached hydrogen (secondary N) is 1. The van der Waals surface area contributed by atoms with Crippen LogP contribution in [-0.2, 0) is 16.1 Å². The minimum absolute atomic E-state index is 0.186. The molecule has 2 aliphatic rings. The molecule has 0 aliphatic heterocycles. The highest BCUT2D eigenvalue weighted by Gasteiger charge is 2.57. The van der Waals surface area contributed by atoms with Gasteiger partial charge in [-0.05, 0) is 32.6 Å². The van der Waals surface area contributed by atoms with E-state index in [1.165, 1.54) is 25.7 Å². The number of rotatable bonds is 7. The molecule has 22 heavy (non-hydrogen) atoms. The number of hydrogen-bond donors (Lipinski definition) is 1. The second kappa shape index (κ2) is 6.82. The molecule has 5 nitrogen and oxygen atoms in total. The van der Waals surface area contributed by atoms with Crippen molar-refractivity contribution in [1.29, 1.82) is 0 Å². The first-order chi connectivity index (χ1) is 10.7. The summed E-state index contributed by atoms with van der Waals surface area (Å²) < 4.78 is 7.91. The van der Waals surface area contributed by atoms with Crippen LogP contribution >= 0.6 is 0 Å². The van der Waals surface area contributed by atoms with Gasteiger partial charge in [0.05, 0.1) is 12.4 Å². The van der Waals surface area contributed by atoms with Crippen molar-refractivity contribution in [1.82, 2.24) is 14.9 Å². The maximum Gasteiger partial charge on any atom is 0.220 e. The van der Waals surface area contributed by atoms with Crippen molar-refractivity contribution >= 4 is 5.91 Å². The van der Waals surface area contributed by atoms with E-state index in [9.17, 15) is 4.79 Å². The van der Waals surface area contributed by atoms with E-state index < -0.39 is 0 Å². The van der Waals surface area contributed by atoms with E-state index in [0.717, 1.165) is 26.0 Å². The molecule has 1 aromatic heterocycles. The van der Waals surface area contributed by atoms with Crippen LogP contribution in [0.1, 0.15) is 51.9 Å². The number of aromatic nitrogens is 2. The molecule has 0 bridgehead atoms. The van der Waals surface area contributed by atoms with Gasteiger partial charge in [-0.15, -0.1) is 0 Å². The summed E-state index contributed by atoms with van der Waals surface area (Å²) in [7, 11) is 0. The van der Waals surface area contributed by atoms with Crippen molar-refractivity contribution in [3.05, 3.63) is 18.7 Å². The normalized spacial score (nSPS) is 26.0. The molecule has 1 N–H and O–H groups in total. The highest BCUT2D eigenvalue weighted by atomic mass is 16.5. The molecule has 1 aromatic rings. The topological polar surface area (TPSA) is 56.1 Å². The van der Waals surface area contributed by atoms with Crippen molar-refractivity contribution < 1.29 is 9.53 Å². The lowest BCUT2D eigenvalue weighted by molar-refractivity contribution is -0.144. The Balaban J connectivity index is 1.45. The zero-order valence-corrected chi connectivity index (χ0v) is 13.5. The van der Waals surface area contributed by atoms with Crippen LogP contribution in [0.3, 0.4) is 0 Å². The van der Waals surface area contributed by atoms with E-state index in [1.54, 1.807) is 12.5 Å². The molecule has 0 saturated heterocycles. The van der Waals surface area contributed by atoms with Gasteiger partial charge in [0.15, 0.2) is 0 Å². The minimum Gasteiger partial charge on any atom is -0.378 e. The summed E-state index contributed by atoms with van der Waals surface area (Å²) in [5, 5.41) is 3.27. The molecule has 1 heterocycles. The van der Waals surface area contributed by atoms with Crippen LogP contribution < -0.4 is 5.32 Å². The third-order valence-corrected chi connectivity index (χ3v) is 5.40. The van der Waals surface area contributed by atoms with Gasteiger partial charge >= 0.3 is 0 Å². The zero-order valence-electron chi connectivity index (χ0n) is 13.5. The number of aryl methyl sites for hydroxylation is 1. The van der Waals surface area contributed by atoms with Gasteiger partial charge in [0, 0.05) is 43.4 Å². The van der Waals surface area contributed by atoms with Crippen molar-refractivity contribution in [3.63, 3.8) is 0 Å². The highest BCUT2D eigenvalue weighted by Crippen LogP contribution is 2.54. The SMILES string of the molecule is CCOC1CC(NC(=O)CCCn2ccnc2)C12CCCC2. The van der Waals surface area contributed by atoms with Crippen LogP contribution in [0.15, 0.2) is 18.7 Å². The second-order valence-electron chi connectivity index (χ2n) is 6.64. The third kappa shape index (κ3) is 3.05. The van der Waals surface area contributed by atoms with Gasteiger partial charge in [-0.25, -0.2) is 4.98 Å². The van der Waals surface area contributed by atoms with E-state index in [4.69, 9.17) is 4.74 Å². The summed E-state index contributed by atoms with van der Waals surface area (Å²) >= 11 is 0. The first kappa shape index (κ1) is 15.5. The highest BCUT2D eigenvalue weighted by molar-refractivity contribution is 5.76. The van der Waals surface area contributed by atoms with Crippen molar-refractivity contribution in [2.24, 2.45) is 5.41 Å². The molecular formula is C17H27N3O2. The van der Waals surface area contributed by atoms with Gasteiger partial charge < -0.3 is 14.6 Å². The van der Waals surface area contributed by atoms with Gasteiger partial charge in [-0.3, -0.25) is 4.79 Å². The lowest BCUT2D eigenvalue weighted by Gasteiger charge is -2.54. The van der Waals surface area contributed by atoms with E-state index in [0.29, 0.717) is 18.6 Å². The molecule has 1 amide bonds. The fourth-order valence-electron chi connectivity index (χ4n) is 4.20. The summed E-state index contributed by atoms with van der Waals surface area (Å²) in [6.45, 7) is 3.69. The van der Waals surface area contributed by atoms with Crippen LogP contribution in [0, 0.1) is 5.41 Å². The van der Waals surface area contributed by atoms with Crippen LogP contribution in [0.5, 0.6) is 0 Å². The first-order valence-corrected chi connectivity index (χ1v) is 8.61. The average molecular weight is 305 g/mol. The Morgan fingerprint density at radius 1 is 1.45 bits per heavy atom. The Labute approximate surface area is 132 Å². The van der Waals surface area contributed by atoms with Crippen LogP contribution in [0.4, 0.5) is 0 Å². The fourth-order valence-corrected chi connectivity index (χ4v) is 4.20. The first-order valence-electron chi connectivity index (χ1n) is 8.61. The van der Waals surface area contributed by atoms with E-state index in [2.05, 4.69) is 17.2 Å². The van der Waals surface area contributed by atoms with E-state index in [1.807, 2.05) is 10.8 Å². The average Bonchev–Trinajstić information content (AvgIpc) is 3.19. The maximum absolute atomic E-state index is 12.2. The predicted octanol–water partition coefficient (Wildman–Crippen LogP) is 2.52. The maximum atomic E-state index is 12.2. The molecule has 2 unspecified atom stereocenters. The number of carbonyl (C=O) groups is 1. The Morgan fingerprint density at radius 2 is 2.27 bits per heavy atom. The molecular weight excluding hydrogens is 278 g/mol. The Hall–Kier alpha value is -1.36. The zero-order chi connectivity index (χ0) is 15.4. The molecule has 1 spiro atoms. The lowest BCUT2D eigenvalue weighted by atomic mass is 9.60. The van der Waals surface area contributed by atoms with Crippen molar-refractivity contribution in [2.75, 3.05) is 6.61 Å². The summed E-state index contributed by atoms with van der Waals surface area (Å²) in [6, 6.07) is 0.326. The standard InChI is InChI=1S/C17H27N3O2/c1-2-22-15-12-14(17(15)7-3-4-8-17)19-16(21)6-5-10-20-11-9-18-13-20/h9,11,13-15H,2-8,10,12H2,1H3,(H,19,21). The van der Waals surface area contributed by atoms with E-state index >= 15 is 0 Å². The number of hydrogen-bond acceptors (Lipinski definition) is 3. The summed E-state index contributed by atoms with van der Waals surface area (Å²) in [5.41, 5.74) is 0.232. The second-order valence-corrected chi connectivity index (χ2v) is 6.64. The van der Waals surface area contributed by atoms with Crippen LogP contribution in [0.2, 0.25) is 0 Å². The number of nitrogens with zero attached hydrogens (tertiary/aromatic N) is 2. The molecule has 2 fully saturated rings. The Bertz CT molecular complexity index is 480. The van der Waals surface area contributed by atoms with Gasteiger partial charge in [-0.2, -0.15) is 0 Å². The molecule has 122 valence electrons. The summed E-state index contributed by atoms with van der Waals surface area (Å²) in [5.74, 6) is 0.186. The molecule has 0 radical (unpaired) electrons. The van der Waals surface area contributed by atoms with Gasteiger partial charge in [-0.1, -0.05) is 12.8 Å². The number of carbonyl (C=O) groups excluding carboxylic acids is 1. The van der Waals surface area contributed by atoms with Crippen molar-refractivity contribution in [2.45, 2.75) is 70.6 Å². The molecule has 0 aromatic carbocycles. The van der Waals surface area contributed by atoms with Crippen molar-refractivity contribution in [3.8, 4) is 0 Å². The quantitative estimate of drug-likeness (QED) is 0.842.